The molecule has 2 N–H and O–H groups in total. The lowest BCUT2D eigenvalue weighted by Gasteiger charge is -2.56. The second-order valence-corrected chi connectivity index (χ2v) is 13.6. The Kier molecular flexibility index (Phi) is 8.44. The molecule has 2 aromatic carbocycles. The van der Waals surface area contributed by atoms with E-state index in [1.165, 1.54) is 32.1 Å². The summed E-state index contributed by atoms with van der Waals surface area (Å²) < 4.78 is 35.4. The molecular formula is C31H42N2O4S. The van der Waals surface area contributed by atoms with Gasteiger partial charge in [-0.3, -0.25) is 4.79 Å². The smallest absolute Gasteiger partial charge is 0.251 e. The summed E-state index contributed by atoms with van der Waals surface area (Å²) in [6, 6.07) is 14.4. The molecule has 38 heavy (non-hydrogen) atoms. The van der Waals surface area contributed by atoms with E-state index < -0.39 is 10.0 Å². The normalized spacial score (nSPS) is 25.9. The lowest BCUT2D eigenvalue weighted by atomic mass is 9.53. The number of amides is 1. The molecule has 4 saturated carbocycles. The van der Waals surface area contributed by atoms with Gasteiger partial charge in [0.1, 0.15) is 5.75 Å². The molecule has 1 amide bonds. The van der Waals surface area contributed by atoms with Crippen LogP contribution >= 0.6 is 0 Å². The predicted octanol–water partition coefficient (Wildman–Crippen LogP) is 5.87. The Hall–Kier alpha value is -2.38. The summed E-state index contributed by atoms with van der Waals surface area (Å²) in [7, 11) is -3.56. The zero-order valence-corrected chi connectivity index (χ0v) is 23.4. The van der Waals surface area contributed by atoms with Gasteiger partial charge < -0.3 is 10.1 Å². The van der Waals surface area contributed by atoms with E-state index >= 15 is 0 Å². The van der Waals surface area contributed by atoms with Gasteiger partial charge in [-0.05, 0) is 105 Å². The first-order chi connectivity index (χ1) is 18.3. The van der Waals surface area contributed by atoms with E-state index in [2.05, 4.69) is 17.0 Å². The Labute approximate surface area is 228 Å². The third kappa shape index (κ3) is 6.60. The summed E-state index contributed by atoms with van der Waals surface area (Å²) in [4.78, 5) is 13.0. The van der Waals surface area contributed by atoms with Crippen LogP contribution in [0.25, 0.3) is 0 Å². The average molecular weight is 539 g/mol. The highest BCUT2D eigenvalue weighted by Gasteiger charge is 2.52. The number of carbonyl (C=O) groups is 1. The molecule has 4 aliphatic carbocycles. The summed E-state index contributed by atoms with van der Waals surface area (Å²) in [6.45, 7) is 3.32. The van der Waals surface area contributed by atoms with Crippen LogP contribution in [0.3, 0.4) is 0 Å². The Bertz CT molecular complexity index is 1170. The van der Waals surface area contributed by atoms with Crippen LogP contribution < -0.4 is 14.8 Å². The molecule has 206 valence electrons. The van der Waals surface area contributed by atoms with Crippen molar-refractivity contribution in [1.29, 1.82) is 0 Å². The van der Waals surface area contributed by atoms with Crippen LogP contribution in [-0.4, -0.2) is 33.0 Å². The van der Waals surface area contributed by atoms with Gasteiger partial charge in [-0.2, -0.15) is 0 Å². The van der Waals surface area contributed by atoms with Crippen molar-refractivity contribution in [2.24, 2.45) is 17.8 Å². The van der Waals surface area contributed by atoms with Crippen LogP contribution in [0.4, 0.5) is 0 Å². The van der Waals surface area contributed by atoms with Gasteiger partial charge in [0, 0.05) is 17.6 Å². The lowest BCUT2D eigenvalue weighted by molar-refractivity contribution is -0.00810. The number of hydrogen-bond donors (Lipinski definition) is 2. The zero-order valence-electron chi connectivity index (χ0n) is 22.6. The quantitative estimate of drug-likeness (QED) is 0.313. The van der Waals surface area contributed by atoms with Crippen molar-refractivity contribution in [2.75, 3.05) is 13.2 Å². The molecule has 6 rings (SSSR count). The Morgan fingerprint density at radius 3 is 2.29 bits per heavy atom. The van der Waals surface area contributed by atoms with Crippen LogP contribution in [-0.2, 0) is 16.4 Å². The highest BCUT2D eigenvalue weighted by Crippen LogP contribution is 2.56. The van der Waals surface area contributed by atoms with Crippen molar-refractivity contribution in [3.05, 3.63) is 59.7 Å². The molecule has 0 unspecified atom stereocenters. The fourth-order valence-electron chi connectivity index (χ4n) is 7.28. The lowest BCUT2D eigenvalue weighted by Crippen LogP contribution is -2.59. The highest BCUT2D eigenvalue weighted by atomic mass is 32.2. The summed E-state index contributed by atoms with van der Waals surface area (Å²) in [5.41, 5.74) is 1.32. The molecule has 0 aliphatic heterocycles. The molecule has 4 aliphatic rings. The number of sulfonamides is 1. The molecule has 0 aromatic heterocycles. The standard InChI is InChI=1S/C31H42N2O4S/c1-2-3-4-5-15-37-28-8-6-7-27(19-28)30(34)32-14-13-23-9-11-29(12-10-23)38(35,36)33-31-20-24-16-25(21-31)18-26(17-24)22-31/h6-12,19,24-26,33H,2-5,13-18,20-22H2,1H3,(H,32,34). The third-order valence-electron chi connectivity index (χ3n) is 8.68. The largest absolute Gasteiger partial charge is 0.494 e. The minimum absolute atomic E-state index is 0.139. The molecule has 4 fully saturated rings. The molecule has 0 saturated heterocycles. The van der Waals surface area contributed by atoms with Gasteiger partial charge in [0.2, 0.25) is 10.0 Å². The van der Waals surface area contributed by atoms with Crippen molar-refractivity contribution in [2.45, 2.75) is 88.0 Å². The van der Waals surface area contributed by atoms with Crippen LogP contribution in [0.2, 0.25) is 0 Å². The fraction of sp³-hybridized carbons (Fsp3) is 0.581. The maximum absolute atomic E-state index is 13.2. The summed E-state index contributed by atoms with van der Waals surface area (Å²) >= 11 is 0. The number of ether oxygens (including phenoxy) is 1. The Morgan fingerprint density at radius 1 is 0.947 bits per heavy atom. The molecule has 0 spiro atoms. The van der Waals surface area contributed by atoms with Crippen molar-refractivity contribution in [3.8, 4) is 5.75 Å². The number of carbonyl (C=O) groups excluding carboxylic acids is 1. The van der Waals surface area contributed by atoms with E-state index in [9.17, 15) is 13.2 Å². The van der Waals surface area contributed by atoms with E-state index in [1.54, 1.807) is 24.3 Å². The summed E-state index contributed by atoms with van der Waals surface area (Å²) in [5, 5.41) is 2.96. The topological polar surface area (TPSA) is 84.5 Å². The SMILES string of the molecule is CCCCCCOc1cccc(C(=O)NCCc2ccc(S(=O)(=O)NC34CC5CC(CC(C5)C3)C4)cc2)c1. The van der Waals surface area contributed by atoms with Gasteiger partial charge in [0.15, 0.2) is 0 Å². The zero-order chi connectivity index (χ0) is 26.6. The summed E-state index contributed by atoms with van der Waals surface area (Å²) in [6.07, 6.45) is 12.0. The maximum atomic E-state index is 13.2. The van der Waals surface area contributed by atoms with Gasteiger partial charge in [0.05, 0.1) is 11.5 Å². The fourth-order valence-corrected chi connectivity index (χ4v) is 8.72. The molecule has 4 bridgehead atoms. The Morgan fingerprint density at radius 2 is 1.63 bits per heavy atom. The van der Waals surface area contributed by atoms with Crippen molar-refractivity contribution >= 4 is 15.9 Å². The van der Waals surface area contributed by atoms with Crippen LogP contribution in [0.15, 0.2) is 53.4 Å². The van der Waals surface area contributed by atoms with Crippen molar-refractivity contribution in [3.63, 3.8) is 0 Å². The van der Waals surface area contributed by atoms with E-state index in [0.717, 1.165) is 37.7 Å². The molecule has 7 heteroatoms. The van der Waals surface area contributed by atoms with Crippen LogP contribution in [0.1, 0.15) is 87.1 Å². The molecule has 0 heterocycles. The minimum Gasteiger partial charge on any atom is -0.494 e. The minimum atomic E-state index is -3.56. The monoisotopic (exact) mass is 538 g/mol. The third-order valence-corrected chi connectivity index (χ3v) is 10.3. The second kappa shape index (κ2) is 11.8. The number of rotatable bonds is 13. The summed E-state index contributed by atoms with van der Waals surface area (Å²) in [5.74, 6) is 2.64. The average Bonchev–Trinajstić information content (AvgIpc) is 2.87. The molecule has 6 nitrogen and oxygen atoms in total. The predicted molar refractivity (Wildman–Crippen MR) is 150 cm³/mol. The number of benzene rings is 2. The van der Waals surface area contributed by atoms with Gasteiger partial charge >= 0.3 is 0 Å². The maximum Gasteiger partial charge on any atom is 0.251 e. The first-order valence-corrected chi connectivity index (χ1v) is 16.0. The van der Waals surface area contributed by atoms with E-state index in [0.29, 0.717) is 53.5 Å². The number of nitrogens with one attached hydrogen (secondary N) is 2. The van der Waals surface area contributed by atoms with E-state index in [4.69, 9.17) is 4.74 Å². The molecule has 0 atom stereocenters. The number of hydrogen-bond acceptors (Lipinski definition) is 4. The van der Waals surface area contributed by atoms with E-state index in [-0.39, 0.29) is 11.4 Å². The first-order valence-electron chi connectivity index (χ1n) is 14.5. The van der Waals surface area contributed by atoms with Crippen LogP contribution in [0.5, 0.6) is 5.75 Å². The van der Waals surface area contributed by atoms with E-state index in [1.807, 2.05) is 24.3 Å². The van der Waals surface area contributed by atoms with Crippen molar-refractivity contribution < 1.29 is 17.9 Å². The second-order valence-electron chi connectivity index (χ2n) is 11.9. The van der Waals surface area contributed by atoms with Gasteiger partial charge in [0.25, 0.3) is 5.91 Å². The van der Waals surface area contributed by atoms with Crippen molar-refractivity contribution in [1.82, 2.24) is 10.0 Å². The van der Waals surface area contributed by atoms with Crippen LogP contribution in [0, 0.1) is 17.8 Å². The highest BCUT2D eigenvalue weighted by molar-refractivity contribution is 7.89. The van der Waals surface area contributed by atoms with Gasteiger partial charge in [-0.25, -0.2) is 13.1 Å². The molecule has 0 radical (unpaired) electrons. The van der Waals surface area contributed by atoms with Gasteiger partial charge in [-0.1, -0.05) is 44.4 Å². The first kappa shape index (κ1) is 27.2. The Balaban J connectivity index is 1.10. The molecular weight excluding hydrogens is 496 g/mol. The van der Waals surface area contributed by atoms with Gasteiger partial charge in [-0.15, -0.1) is 0 Å². The number of unbranched alkanes of at least 4 members (excludes halogenated alkanes) is 3. The molecule has 2 aromatic rings.